The van der Waals surface area contributed by atoms with Crippen LogP contribution in [0.3, 0.4) is 0 Å². The maximum Gasteiger partial charge on any atom is 0.290 e. The molecule has 7 nitrogen and oxygen atoms in total. The van der Waals surface area contributed by atoms with Gasteiger partial charge in [0.2, 0.25) is 5.84 Å². The van der Waals surface area contributed by atoms with Gasteiger partial charge < -0.3 is 10.0 Å². The second kappa shape index (κ2) is 5.66. The summed E-state index contributed by atoms with van der Waals surface area (Å²) in [6.45, 7) is 4.34. The van der Waals surface area contributed by atoms with Crippen LogP contribution in [0, 0.1) is 6.92 Å². The van der Waals surface area contributed by atoms with Gasteiger partial charge in [-0.25, -0.2) is 5.01 Å². The summed E-state index contributed by atoms with van der Waals surface area (Å²) in [6.07, 6.45) is 0.534. The van der Waals surface area contributed by atoms with Crippen LogP contribution in [0.25, 0.3) is 0 Å². The molecule has 0 aromatic heterocycles. The Labute approximate surface area is 134 Å². The summed E-state index contributed by atoms with van der Waals surface area (Å²) in [7, 11) is 0. The molecule has 0 radical (unpaired) electrons. The fraction of sp³-hybridized carbons (Fsp3) is 0.438. The van der Waals surface area contributed by atoms with Gasteiger partial charge in [-0.05, 0) is 32.4 Å². The van der Waals surface area contributed by atoms with E-state index in [4.69, 9.17) is 0 Å². The van der Waals surface area contributed by atoms with Crippen LogP contribution in [0.4, 0.5) is 5.69 Å². The Morgan fingerprint density at radius 1 is 1.35 bits per heavy atom. The Bertz CT molecular complexity index is 666. The SMILES string of the molecule is Cc1ccc(N2NC(C(=O)N3CCC(C)(O)C3)=NCC2=O)cc1. The summed E-state index contributed by atoms with van der Waals surface area (Å²) >= 11 is 0. The van der Waals surface area contributed by atoms with E-state index in [0.717, 1.165) is 5.56 Å². The molecule has 3 rings (SSSR count). The molecule has 1 saturated heterocycles. The predicted octanol–water partition coefficient (Wildman–Crippen LogP) is 0.228. The number of aliphatic imine (C=N–C) groups is 1. The molecule has 1 aromatic rings. The number of carbonyl (C=O) groups excluding carboxylic acids is 2. The van der Waals surface area contributed by atoms with Crippen molar-refractivity contribution in [1.82, 2.24) is 10.3 Å². The van der Waals surface area contributed by atoms with Crippen LogP contribution < -0.4 is 10.4 Å². The van der Waals surface area contributed by atoms with Crippen LogP contribution in [0.5, 0.6) is 0 Å². The second-order valence-electron chi connectivity index (χ2n) is 6.31. The number of β-amino-alcohol motifs (C(OH)–C–C–N with tert-alkyl or cyclic N) is 1. The van der Waals surface area contributed by atoms with Crippen molar-refractivity contribution in [3.8, 4) is 0 Å². The molecule has 1 fully saturated rings. The van der Waals surface area contributed by atoms with E-state index in [9.17, 15) is 14.7 Å². The normalized spacial score (nSPS) is 24.5. The molecule has 2 heterocycles. The number of amidine groups is 1. The van der Waals surface area contributed by atoms with Gasteiger partial charge in [-0.1, -0.05) is 17.7 Å². The molecule has 23 heavy (non-hydrogen) atoms. The topological polar surface area (TPSA) is 85.2 Å². The van der Waals surface area contributed by atoms with Crippen molar-refractivity contribution in [2.24, 2.45) is 4.99 Å². The molecule has 7 heteroatoms. The lowest BCUT2D eigenvalue weighted by atomic mass is 10.1. The van der Waals surface area contributed by atoms with E-state index in [1.54, 1.807) is 11.8 Å². The van der Waals surface area contributed by atoms with Crippen molar-refractivity contribution in [2.45, 2.75) is 25.9 Å². The van der Waals surface area contributed by atoms with Crippen molar-refractivity contribution in [3.63, 3.8) is 0 Å². The minimum Gasteiger partial charge on any atom is -0.388 e. The fourth-order valence-electron chi connectivity index (χ4n) is 2.71. The molecule has 0 spiro atoms. The predicted molar refractivity (Wildman–Crippen MR) is 85.9 cm³/mol. The zero-order chi connectivity index (χ0) is 16.6. The van der Waals surface area contributed by atoms with Gasteiger partial charge in [-0.15, -0.1) is 0 Å². The van der Waals surface area contributed by atoms with Gasteiger partial charge in [0.1, 0.15) is 6.54 Å². The number of rotatable bonds is 2. The molecular formula is C16H20N4O3. The zero-order valence-corrected chi connectivity index (χ0v) is 13.2. The quantitative estimate of drug-likeness (QED) is 0.818. The van der Waals surface area contributed by atoms with E-state index in [1.165, 1.54) is 5.01 Å². The van der Waals surface area contributed by atoms with Crippen molar-refractivity contribution >= 4 is 23.3 Å². The van der Waals surface area contributed by atoms with Gasteiger partial charge in [-0.2, -0.15) is 0 Å². The van der Waals surface area contributed by atoms with E-state index in [1.807, 2.05) is 31.2 Å². The van der Waals surface area contributed by atoms with Crippen molar-refractivity contribution in [1.29, 1.82) is 0 Å². The number of likely N-dealkylation sites (tertiary alicyclic amines) is 1. The smallest absolute Gasteiger partial charge is 0.290 e. The van der Waals surface area contributed by atoms with Crippen molar-refractivity contribution in [3.05, 3.63) is 29.8 Å². The number of carbonyl (C=O) groups is 2. The molecule has 2 N–H and O–H groups in total. The first-order valence-electron chi connectivity index (χ1n) is 7.58. The van der Waals surface area contributed by atoms with E-state index in [0.29, 0.717) is 18.7 Å². The highest BCUT2D eigenvalue weighted by atomic mass is 16.3. The summed E-state index contributed by atoms with van der Waals surface area (Å²) in [4.78, 5) is 30.2. The highest BCUT2D eigenvalue weighted by molar-refractivity contribution is 6.39. The Morgan fingerprint density at radius 2 is 2.04 bits per heavy atom. The third-order valence-electron chi connectivity index (χ3n) is 4.07. The van der Waals surface area contributed by atoms with Crippen molar-refractivity contribution < 1.29 is 14.7 Å². The lowest BCUT2D eigenvalue weighted by Crippen LogP contribution is -2.56. The van der Waals surface area contributed by atoms with Gasteiger partial charge in [0.05, 0.1) is 11.3 Å². The Hall–Kier alpha value is -2.41. The number of anilines is 1. The van der Waals surface area contributed by atoms with Gasteiger partial charge in [0.15, 0.2) is 0 Å². The minimum atomic E-state index is -0.864. The average Bonchev–Trinajstić information content (AvgIpc) is 2.88. The van der Waals surface area contributed by atoms with Crippen LogP contribution in [-0.4, -0.2) is 52.9 Å². The molecule has 2 aliphatic rings. The summed E-state index contributed by atoms with van der Waals surface area (Å²) in [5.41, 5.74) is 3.69. The molecular weight excluding hydrogens is 296 g/mol. The lowest BCUT2D eigenvalue weighted by molar-refractivity contribution is -0.124. The summed E-state index contributed by atoms with van der Waals surface area (Å²) < 4.78 is 0. The third-order valence-corrected chi connectivity index (χ3v) is 4.07. The Morgan fingerprint density at radius 3 is 2.65 bits per heavy atom. The monoisotopic (exact) mass is 316 g/mol. The van der Waals surface area contributed by atoms with Crippen LogP contribution in [0.2, 0.25) is 0 Å². The molecule has 0 aliphatic carbocycles. The van der Waals surface area contributed by atoms with Gasteiger partial charge in [-0.3, -0.25) is 20.0 Å². The minimum absolute atomic E-state index is 0.0772. The summed E-state index contributed by atoms with van der Waals surface area (Å²) in [5.74, 6) is -0.394. The standard InChI is InChI=1S/C16H20N4O3/c1-11-3-5-12(6-4-11)20-13(21)9-17-14(18-20)15(22)19-8-7-16(2,23)10-19/h3-6,23H,7-10H2,1-2H3,(H,17,18). The number of aryl methyl sites for hydroxylation is 1. The molecule has 0 bridgehead atoms. The van der Waals surface area contributed by atoms with Crippen LogP contribution in [0.15, 0.2) is 29.3 Å². The average molecular weight is 316 g/mol. The number of amides is 2. The first kappa shape index (κ1) is 15.5. The highest BCUT2D eigenvalue weighted by Gasteiger charge is 2.37. The number of hydrogen-bond acceptors (Lipinski definition) is 5. The van der Waals surface area contributed by atoms with E-state index >= 15 is 0 Å². The van der Waals surface area contributed by atoms with Crippen LogP contribution in [0.1, 0.15) is 18.9 Å². The Balaban J connectivity index is 1.76. The highest BCUT2D eigenvalue weighted by Crippen LogP contribution is 2.21. The fourth-order valence-corrected chi connectivity index (χ4v) is 2.71. The van der Waals surface area contributed by atoms with Gasteiger partial charge in [0, 0.05) is 13.1 Å². The Kier molecular flexibility index (Phi) is 3.81. The molecule has 1 aromatic carbocycles. The van der Waals surface area contributed by atoms with Gasteiger partial charge in [0.25, 0.3) is 11.8 Å². The maximum atomic E-state index is 12.5. The number of benzene rings is 1. The van der Waals surface area contributed by atoms with Crippen LogP contribution in [-0.2, 0) is 9.59 Å². The van der Waals surface area contributed by atoms with Crippen LogP contribution >= 0.6 is 0 Å². The second-order valence-corrected chi connectivity index (χ2v) is 6.31. The number of nitrogens with zero attached hydrogens (tertiary/aromatic N) is 3. The van der Waals surface area contributed by atoms with E-state index < -0.39 is 5.60 Å². The summed E-state index contributed by atoms with van der Waals surface area (Å²) in [6, 6.07) is 7.42. The van der Waals surface area contributed by atoms with Gasteiger partial charge >= 0.3 is 0 Å². The zero-order valence-electron chi connectivity index (χ0n) is 13.2. The number of nitrogens with one attached hydrogen (secondary N) is 1. The largest absolute Gasteiger partial charge is 0.388 e. The van der Waals surface area contributed by atoms with E-state index in [2.05, 4.69) is 10.4 Å². The molecule has 122 valence electrons. The molecule has 1 atom stereocenters. The molecule has 0 saturated carbocycles. The maximum absolute atomic E-state index is 12.5. The molecule has 2 aliphatic heterocycles. The third kappa shape index (κ3) is 3.19. The van der Waals surface area contributed by atoms with E-state index in [-0.39, 0.29) is 30.7 Å². The number of hydrazine groups is 1. The molecule has 1 unspecified atom stereocenters. The lowest BCUT2D eigenvalue weighted by Gasteiger charge is -2.29. The first-order valence-corrected chi connectivity index (χ1v) is 7.58. The summed E-state index contributed by atoms with van der Waals surface area (Å²) in [5, 5.41) is 11.3. The first-order chi connectivity index (χ1) is 10.9. The van der Waals surface area contributed by atoms with Crippen molar-refractivity contribution in [2.75, 3.05) is 24.6 Å². The number of aliphatic hydroxyl groups is 1. The molecule has 2 amide bonds. The number of hydrogen-bond donors (Lipinski definition) is 2.